The minimum atomic E-state index is -4.50. The minimum Gasteiger partial charge on any atom is -0.398 e. The molecule has 0 bridgehead atoms. The largest absolute Gasteiger partial charge is 0.418 e. The Morgan fingerprint density at radius 3 is 2.67 bits per heavy atom. The number of tetrazole rings is 1. The molecule has 0 aliphatic heterocycles. The molecule has 96 valence electrons. The first-order valence-electron chi connectivity index (χ1n) is 5.18. The molecule has 0 spiro atoms. The molecule has 2 N–H and O–H groups in total. The third kappa shape index (κ3) is 2.13. The Bertz CT molecular complexity index is 561. The van der Waals surface area contributed by atoms with E-state index in [9.17, 15) is 13.2 Å². The van der Waals surface area contributed by atoms with Crippen LogP contribution in [0, 0.1) is 0 Å². The lowest BCUT2D eigenvalue weighted by Crippen LogP contribution is -2.11. The van der Waals surface area contributed by atoms with Crippen molar-refractivity contribution in [2.45, 2.75) is 19.5 Å². The molecule has 5 nitrogen and oxygen atoms in total. The van der Waals surface area contributed by atoms with Gasteiger partial charge in [-0.15, -0.1) is 5.10 Å². The Morgan fingerprint density at radius 1 is 1.33 bits per heavy atom. The van der Waals surface area contributed by atoms with E-state index in [1.54, 1.807) is 0 Å². The highest BCUT2D eigenvalue weighted by atomic mass is 19.4. The normalized spacial score (nSPS) is 11.8. The Hall–Kier alpha value is -2.12. The lowest BCUT2D eigenvalue weighted by molar-refractivity contribution is -0.136. The van der Waals surface area contributed by atoms with Crippen LogP contribution in [0.4, 0.5) is 18.9 Å². The van der Waals surface area contributed by atoms with Crippen LogP contribution in [0.15, 0.2) is 18.2 Å². The van der Waals surface area contributed by atoms with E-state index in [0.717, 1.165) is 6.07 Å². The lowest BCUT2D eigenvalue weighted by atomic mass is 10.1. The van der Waals surface area contributed by atoms with Gasteiger partial charge in [0.15, 0.2) is 5.82 Å². The molecule has 0 aliphatic rings. The number of nitrogens with zero attached hydrogens (tertiary/aromatic N) is 4. The maximum Gasteiger partial charge on any atom is 0.418 e. The average molecular weight is 257 g/mol. The van der Waals surface area contributed by atoms with Gasteiger partial charge in [-0.25, -0.2) is 0 Å². The summed E-state index contributed by atoms with van der Waals surface area (Å²) in [6.45, 7) is 1.81. The van der Waals surface area contributed by atoms with E-state index in [-0.39, 0.29) is 11.4 Å². The zero-order valence-corrected chi connectivity index (χ0v) is 9.44. The number of hydrogen-bond acceptors (Lipinski definition) is 4. The van der Waals surface area contributed by atoms with Crippen molar-refractivity contribution in [2.24, 2.45) is 0 Å². The van der Waals surface area contributed by atoms with Crippen molar-refractivity contribution >= 4 is 5.69 Å². The summed E-state index contributed by atoms with van der Waals surface area (Å²) in [5.41, 5.74) is 4.34. The summed E-state index contributed by atoms with van der Waals surface area (Å²) >= 11 is 0. The number of rotatable bonds is 2. The van der Waals surface area contributed by atoms with Gasteiger partial charge in [-0.2, -0.15) is 17.9 Å². The Balaban J connectivity index is 2.54. The Kier molecular flexibility index (Phi) is 2.93. The van der Waals surface area contributed by atoms with Gasteiger partial charge in [-0.05, 0) is 28.6 Å². The van der Waals surface area contributed by atoms with Gasteiger partial charge in [0, 0.05) is 12.1 Å². The molecule has 0 unspecified atom stereocenters. The zero-order chi connectivity index (χ0) is 13.3. The molecule has 0 amide bonds. The second-order valence-corrected chi connectivity index (χ2v) is 3.63. The fourth-order valence-electron chi connectivity index (χ4n) is 1.55. The Morgan fingerprint density at radius 2 is 2.06 bits per heavy atom. The lowest BCUT2D eigenvalue weighted by Gasteiger charge is -2.12. The number of alkyl halides is 3. The standard InChI is InChI=1S/C10H10F3N5/c1-2-9-15-16-17-18(9)6-3-4-8(14)7(5-6)10(11,12)13/h3-5H,2,14H2,1H3. The quantitative estimate of drug-likeness (QED) is 0.833. The molecule has 0 radical (unpaired) electrons. The van der Waals surface area contributed by atoms with Crippen LogP contribution < -0.4 is 5.73 Å². The first-order chi connectivity index (χ1) is 8.43. The summed E-state index contributed by atoms with van der Waals surface area (Å²) < 4.78 is 39.4. The van der Waals surface area contributed by atoms with Crippen LogP contribution in [0.5, 0.6) is 0 Å². The molecule has 8 heteroatoms. The molecule has 1 aromatic heterocycles. The van der Waals surface area contributed by atoms with Crippen molar-refractivity contribution < 1.29 is 13.2 Å². The highest BCUT2D eigenvalue weighted by Gasteiger charge is 2.33. The number of aryl methyl sites for hydroxylation is 1. The van der Waals surface area contributed by atoms with Gasteiger partial charge in [-0.3, -0.25) is 0 Å². The van der Waals surface area contributed by atoms with Crippen LogP contribution >= 0.6 is 0 Å². The van der Waals surface area contributed by atoms with Crippen LogP contribution in [0.2, 0.25) is 0 Å². The maximum atomic E-state index is 12.7. The highest BCUT2D eigenvalue weighted by molar-refractivity contribution is 5.54. The molecule has 0 fully saturated rings. The summed E-state index contributed by atoms with van der Waals surface area (Å²) in [7, 11) is 0. The van der Waals surface area contributed by atoms with Gasteiger partial charge >= 0.3 is 6.18 Å². The number of halogens is 3. The van der Waals surface area contributed by atoms with Crippen LogP contribution in [-0.2, 0) is 12.6 Å². The van der Waals surface area contributed by atoms with E-state index in [1.165, 1.54) is 16.8 Å². The topological polar surface area (TPSA) is 69.6 Å². The molecule has 0 aliphatic carbocycles. The number of anilines is 1. The molecule has 18 heavy (non-hydrogen) atoms. The molecular weight excluding hydrogens is 247 g/mol. The molecule has 0 saturated heterocycles. The van der Waals surface area contributed by atoms with Crippen LogP contribution in [0.3, 0.4) is 0 Å². The number of benzene rings is 1. The summed E-state index contributed by atoms with van der Waals surface area (Å²) in [4.78, 5) is 0. The molecule has 1 heterocycles. The second kappa shape index (κ2) is 4.28. The van der Waals surface area contributed by atoms with E-state index in [4.69, 9.17) is 5.73 Å². The third-order valence-corrected chi connectivity index (χ3v) is 2.44. The highest BCUT2D eigenvalue weighted by Crippen LogP contribution is 2.34. The van der Waals surface area contributed by atoms with Crippen molar-refractivity contribution in [3.05, 3.63) is 29.6 Å². The SMILES string of the molecule is CCc1nnnn1-c1ccc(N)c(C(F)(F)F)c1. The average Bonchev–Trinajstić information content (AvgIpc) is 2.76. The number of aromatic nitrogens is 4. The molecule has 2 aromatic rings. The van der Waals surface area contributed by atoms with Gasteiger partial charge in [0.05, 0.1) is 11.3 Å². The maximum absolute atomic E-state index is 12.7. The monoisotopic (exact) mass is 257 g/mol. The van der Waals surface area contributed by atoms with Gasteiger partial charge in [0.1, 0.15) is 0 Å². The molecular formula is C10H10F3N5. The van der Waals surface area contributed by atoms with Gasteiger partial charge in [0.2, 0.25) is 0 Å². The Labute approximate surface area is 100 Å². The van der Waals surface area contributed by atoms with Crippen molar-refractivity contribution in [1.82, 2.24) is 20.2 Å². The van der Waals surface area contributed by atoms with Gasteiger partial charge < -0.3 is 5.73 Å². The van der Waals surface area contributed by atoms with Crippen molar-refractivity contribution in [3.8, 4) is 5.69 Å². The number of hydrogen-bond donors (Lipinski definition) is 1. The minimum absolute atomic E-state index is 0.235. The molecule has 2 rings (SSSR count). The molecule has 0 saturated carbocycles. The molecule has 1 aromatic carbocycles. The van der Waals surface area contributed by atoms with Crippen LogP contribution in [0.1, 0.15) is 18.3 Å². The van der Waals surface area contributed by atoms with Gasteiger partial charge in [0.25, 0.3) is 0 Å². The van der Waals surface area contributed by atoms with E-state index in [0.29, 0.717) is 12.2 Å². The third-order valence-electron chi connectivity index (χ3n) is 2.44. The van der Waals surface area contributed by atoms with Gasteiger partial charge in [-0.1, -0.05) is 6.92 Å². The van der Waals surface area contributed by atoms with Crippen molar-refractivity contribution in [2.75, 3.05) is 5.73 Å². The molecule has 0 atom stereocenters. The number of nitrogen functional groups attached to an aromatic ring is 1. The van der Waals surface area contributed by atoms with E-state index in [2.05, 4.69) is 15.5 Å². The van der Waals surface area contributed by atoms with E-state index < -0.39 is 11.7 Å². The predicted octanol–water partition coefficient (Wildman–Crippen LogP) is 1.83. The van der Waals surface area contributed by atoms with Crippen LogP contribution in [-0.4, -0.2) is 20.2 Å². The first-order valence-corrected chi connectivity index (χ1v) is 5.18. The summed E-state index contributed by atoms with van der Waals surface area (Å²) in [6, 6.07) is 3.57. The summed E-state index contributed by atoms with van der Waals surface area (Å²) in [5.74, 6) is 0.480. The van der Waals surface area contributed by atoms with Crippen molar-refractivity contribution in [1.29, 1.82) is 0 Å². The van der Waals surface area contributed by atoms with E-state index >= 15 is 0 Å². The summed E-state index contributed by atoms with van der Waals surface area (Å²) in [5, 5.41) is 10.8. The predicted molar refractivity (Wildman–Crippen MR) is 57.9 cm³/mol. The van der Waals surface area contributed by atoms with Crippen LogP contribution in [0.25, 0.3) is 5.69 Å². The zero-order valence-electron chi connectivity index (χ0n) is 9.44. The smallest absolute Gasteiger partial charge is 0.398 e. The number of nitrogens with two attached hydrogens (primary N) is 1. The van der Waals surface area contributed by atoms with Crippen molar-refractivity contribution in [3.63, 3.8) is 0 Å². The first kappa shape index (κ1) is 12.3. The fraction of sp³-hybridized carbons (Fsp3) is 0.300. The fourth-order valence-corrected chi connectivity index (χ4v) is 1.55. The summed E-state index contributed by atoms with van der Waals surface area (Å²) in [6.07, 6.45) is -3.99. The van der Waals surface area contributed by atoms with E-state index in [1.807, 2.05) is 6.92 Å². The second-order valence-electron chi connectivity index (χ2n) is 3.63.